The van der Waals surface area contributed by atoms with Crippen LogP contribution in [0.1, 0.15) is 22.3 Å². The molecule has 3 rings (SSSR count). The molecule has 7 heteroatoms. The number of hydrogen-bond acceptors (Lipinski definition) is 5. The van der Waals surface area contributed by atoms with Gasteiger partial charge in [0, 0.05) is 43.5 Å². The molecule has 1 saturated heterocycles. The molecule has 0 bridgehead atoms. The summed E-state index contributed by atoms with van der Waals surface area (Å²) in [5.41, 5.74) is 2.46. The highest BCUT2D eigenvalue weighted by Gasteiger charge is 2.18. The van der Waals surface area contributed by atoms with Gasteiger partial charge in [-0.1, -0.05) is 12.1 Å². The summed E-state index contributed by atoms with van der Waals surface area (Å²) < 4.78 is 5.28. The summed E-state index contributed by atoms with van der Waals surface area (Å²) in [5, 5.41) is 5.97. The number of carbonyl (C=O) groups excluding carboxylic acids is 2. The lowest BCUT2D eigenvalue weighted by Gasteiger charge is -2.26. The molecular formula is C20H24N4O3. The monoisotopic (exact) mass is 368 g/mol. The number of carbonyl (C=O) groups is 2. The van der Waals surface area contributed by atoms with Crippen molar-refractivity contribution in [3.63, 3.8) is 0 Å². The lowest BCUT2D eigenvalue weighted by molar-refractivity contribution is -0.115. The van der Waals surface area contributed by atoms with Gasteiger partial charge < -0.3 is 20.3 Å². The molecule has 2 heterocycles. The highest BCUT2D eigenvalue weighted by molar-refractivity contribution is 5.95. The number of anilines is 2. The lowest BCUT2D eigenvalue weighted by Crippen LogP contribution is -2.40. The van der Waals surface area contributed by atoms with Crippen LogP contribution in [0.15, 0.2) is 42.6 Å². The van der Waals surface area contributed by atoms with Gasteiger partial charge >= 0.3 is 0 Å². The molecule has 1 aromatic carbocycles. The second kappa shape index (κ2) is 9.14. The first kappa shape index (κ1) is 18.8. The number of aryl methyl sites for hydroxylation is 1. The zero-order chi connectivity index (χ0) is 19.1. The molecule has 2 N–H and O–H groups in total. The third-order valence-electron chi connectivity index (χ3n) is 4.27. The lowest BCUT2D eigenvalue weighted by atomic mass is 10.2. The quantitative estimate of drug-likeness (QED) is 0.817. The Hall–Kier alpha value is -2.93. The Kier molecular flexibility index (Phi) is 6.38. The molecule has 1 aromatic heterocycles. The summed E-state index contributed by atoms with van der Waals surface area (Å²) in [6, 6.07) is 11.1. The minimum atomic E-state index is -0.0753. The Balaban J connectivity index is 1.49. The van der Waals surface area contributed by atoms with E-state index in [2.05, 4.69) is 15.6 Å². The van der Waals surface area contributed by atoms with E-state index < -0.39 is 0 Å². The van der Waals surface area contributed by atoms with Crippen LogP contribution in [0.25, 0.3) is 0 Å². The van der Waals surface area contributed by atoms with E-state index in [4.69, 9.17) is 4.74 Å². The van der Waals surface area contributed by atoms with Gasteiger partial charge in [-0.25, -0.2) is 4.98 Å². The van der Waals surface area contributed by atoms with Crippen molar-refractivity contribution in [1.82, 2.24) is 9.88 Å². The standard InChI is InChI=1S/C20H24N4O3/c1-15-3-2-4-17(13-15)23-19(25)6-8-22-18-14-16(5-7-21-18)20(26)24-9-11-27-12-10-24/h2-5,7,13-14H,6,8-12H2,1H3,(H,21,22)(H,23,25). The van der Waals surface area contributed by atoms with E-state index in [0.29, 0.717) is 50.7 Å². The Morgan fingerprint density at radius 2 is 2.00 bits per heavy atom. The topological polar surface area (TPSA) is 83.6 Å². The first-order valence-electron chi connectivity index (χ1n) is 9.05. The maximum Gasteiger partial charge on any atom is 0.254 e. The van der Waals surface area contributed by atoms with Crippen LogP contribution in [0.2, 0.25) is 0 Å². The molecule has 0 aliphatic carbocycles. The van der Waals surface area contributed by atoms with Crippen LogP contribution in [0.5, 0.6) is 0 Å². The van der Waals surface area contributed by atoms with E-state index in [-0.39, 0.29) is 11.8 Å². The molecule has 0 atom stereocenters. The molecule has 2 aromatic rings. The van der Waals surface area contributed by atoms with Crippen molar-refractivity contribution in [3.05, 3.63) is 53.7 Å². The van der Waals surface area contributed by atoms with Crippen molar-refractivity contribution in [2.24, 2.45) is 0 Å². The number of nitrogens with zero attached hydrogens (tertiary/aromatic N) is 2. The molecule has 0 radical (unpaired) electrons. The minimum absolute atomic E-state index is 0.0269. The van der Waals surface area contributed by atoms with Crippen molar-refractivity contribution < 1.29 is 14.3 Å². The van der Waals surface area contributed by atoms with E-state index in [1.54, 1.807) is 23.2 Å². The molecule has 1 aliphatic heterocycles. The number of ether oxygens (including phenoxy) is 1. The molecule has 7 nitrogen and oxygen atoms in total. The van der Waals surface area contributed by atoms with Crippen LogP contribution in [0.3, 0.4) is 0 Å². The van der Waals surface area contributed by atoms with E-state index in [1.807, 2.05) is 31.2 Å². The van der Waals surface area contributed by atoms with Gasteiger partial charge in [-0.3, -0.25) is 9.59 Å². The number of morpholine rings is 1. The molecule has 142 valence electrons. The average Bonchev–Trinajstić information content (AvgIpc) is 2.68. The second-order valence-electron chi connectivity index (χ2n) is 6.43. The van der Waals surface area contributed by atoms with Gasteiger partial charge in [-0.2, -0.15) is 0 Å². The maximum atomic E-state index is 12.5. The molecule has 0 spiro atoms. The van der Waals surface area contributed by atoms with Crippen LogP contribution in [-0.4, -0.2) is 54.5 Å². The number of hydrogen-bond donors (Lipinski definition) is 2. The van der Waals surface area contributed by atoms with Gasteiger partial charge in [0.05, 0.1) is 13.2 Å². The van der Waals surface area contributed by atoms with Crippen LogP contribution in [-0.2, 0) is 9.53 Å². The SMILES string of the molecule is Cc1cccc(NC(=O)CCNc2cc(C(=O)N3CCOCC3)ccn2)c1. The highest BCUT2D eigenvalue weighted by atomic mass is 16.5. The Labute approximate surface area is 158 Å². The first-order valence-corrected chi connectivity index (χ1v) is 9.05. The normalized spacial score (nSPS) is 13.9. The number of rotatable bonds is 6. The smallest absolute Gasteiger partial charge is 0.254 e. The van der Waals surface area contributed by atoms with Gasteiger partial charge in [0.15, 0.2) is 0 Å². The van der Waals surface area contributed by atoms with E-state index >= 15 is 0 Å². The average molecular weight is 368 g/mol. The molecule has 27 heavy (non-hydrogen) atoms. The van der Waals surface area contributed by atoms with Gasteiger partial charge in [-0.15, -0.1) is 0 Å². The van der Waals surface area contributed by atoms with Crippen LogP contribution < -0.4 is 10.6 Å². The van der Waals surface area contributed by atoms with Crippen molar-refractivity contribution in [2.75, 3.05) is 43.5 Å². The fourth-order valence-corrected chi connectivity index (χ4v) is 2.86. The number of pyridine rings is 1. The molecule has 0 saturated carbocycles. The van der Waals surface area contributed by atoms with Crippen LogP contribution in [0.4, 0.5) is 11.5 Å². The van der Waals surface area contributed by atoms with E-state index in [9.17, 15) is 9.59 Å². The molecule has 0 unspecified atom stereocenters. The molecule has 1 aliphatic rings. The van der Waals surface area contributed by atoms with Crippen molar-refractivity contribution in [3.8, 4) is 0 Å². The zero-order valence-corrected chi connectivity index (χ0v) is 15.4. The summed E-state index contributed by atoms with van der Waals surface area (Å²) in [6.45, 7) is 4.75. The fourth-order valence-electron chi connectivity index (χ4n) is 2.86. The summed E-state index contributed by atoms with van der Waals surface area (Å²) >= 11 is 0. The number of benzene rings is 1. The summed E-state index contributed by atoms with van der Waals surface area (Å²) in [4.78, 5) is 30.6. The summed E-state index contributed by atoms with van der Waals surface area (Å²) in [7, 11) is 0. The zero-order valence-electron chi connectivity index (χ0n) is 15.4. The Bertz CT molecular complexity index is 803. The van der Waals surface area contributed by atoms with Crippen molar-refractivity contribution >= 4 is 23.3 Å². The van der Waals surface area contributed by atoms with Gasteiger partial charge in [0.1, 0.15) is 5.82 Å². The van der Waals surface area contributed by atoms with Gasteiger partial charge in [0.25, 0.3) is 5.91 Å². The maximum absolute atomic E-state index is 12.5. The van der Waals surface area contributed by atoms with Crippen LogP contribution in [0, 0.1) is 6.92 Å². The third-order valence-corrected chi connectivity index (χ3v) is 4.27. The third kappa shape index (κ3) is 5.52. The van der Waals surface area contributed by atoms with E-state index in [1.165, 1.54) is 0 Å². The Morgan fingerprint density at radius 1 is 1.19 bits per heavy atom. The fraction of sp³-hybridized carbons (Fsp3) is 0.350. The van der Waals surface area contributed by atoms with Crippen molar-refractivity contribution in [1.29, 1.82) is 0 Å². The highest BCUT2D eigenvalue weighted by Crippen LogP contribution is 2.12. The first-order chi connectivity index (χ1) is 13.1. The number of amides is 2. The van der Waals surface area contributed by atoms with Crippen LogP contribution >= 0.6 is 0 Å². The predicted octanol–water partition coefficient (Wildman–Crippen LogP) is 2.30. The van der Waals surface area contributed by atoms with Crippen molar-refractivity contribution in [2.45, 2.75) is 13.3 Å². The Morgan fingerprint density at radius 3 is 2.78 bits per heavy atom. The molecular weight excluding hydrogens is 344 g/mol. The molecule has 1 fully saturated rings. The second-order valence-corrected chi connectivity index (χ2v) is 6.43. The minimum Gasteiger partial charge on any atom is -0.378 e. The predicted molar refractivity (Wildman–Crippen MR) is 104 cm³/mol. The largest absolute Gasteiger partial charge is 0.378 e. The van der Waals surface area contributed by atoms with E-state index in [0.717, 1.165) is 11.3 Å². The summed E-state index contributed by atoms with van der Waals surface area (Å²) in [5.74, 6) is 0.479. The summed E-state index contributed by atoms with van der Waals surface area (Å²) in [6.07, 6.45) is 1.90. The van der Waals surface area contributed by atoms with Gasteiger partial charge in [-0.05, 0) is 36.8 Å². The number of aromatic nitrogens is 1. The number of nitrogens with one attached hydrogen (secondary N) is 2. The van der Waals surface area contributed by atoms with Gasteiger partial charge in [0.2, 0.25) is 5.91 Å². The molecule has 2 amide bonds.